The van der Waals surface area contributed by atoms with Crippen LogP contribution < -0.4 is 0 Å². The van der Waals surface area contributed by atoms with Gasteiger partial charge in [-0.1, -0.05) is 65.7 Å². The Hall–Kier alpha value is 0. The Bertz CT molecular complexity index is 240. The largest absolute Gasteiger partial charge is 0.0654 e. The van der Waals surface area contributed by atoms with Gasteiger partial charge in [0.15, 0.2) is 0 Å². The first-order valence-corrected chi connectivity index (χ1v) is 8.72. The van der Waals surface area contributed by atoms with Crippen LogP contribution in [0, 0.1) is 23.2 Å². The second kappa shape index (κ2) is 6.44. The van der Waals surface area contributed by atoms with Crippen molar-refractivity contribution in [2.45, 2.75) is 91.4 Å². The van der Waals surface area contributed by atoms with Crippen LogP contribution in [0.15, 0.2) is 0 Å². The first kappa shape index (κ1) is 14.4. The molecule has 0 aliphatic heterocycles. The molecular weight excluding hydrogens is 216 g/mol. The van der Waals surface area contributed by atoms with Crippen molar-refractivity contribution in [3.8, 4) is 0 Å². The van der Waals surface area contributed by atoms with Gasteiger partial charge in [-0.2, -0.15) is 0 Å². The smallest absolute Gasteiger partial charge is 0.0264 e. The molecule has 0 saturated heterocycles. The fraction of sp³-hybridized carbons (Fsp3) is 1.00. The third kappa shape index (κ3) is 2.94. The molecule has 0 heterocycles. The zero-order valence-corrected chi connectivity index (χ0v) is 13.0. The van der Waals surface area contributed by atoms with Gasteiger partial charge in [-0.05, 0) is 48.9 Å². The predicted molar refractivity (Wildman–Crippen MR) is 80.7 cm³/mol. The molecule has 2 fully saturated rings. The summed E-state index contributed by atoms with van der Waals surface area (Å²) in [5.74, 6) is 3.11. The fourth-order valence-electron chi connectivity index (χ4n) is 5.45. The van der Waals surface area contributed by atoms with E-state index in [0.717, 1.165) is 23.2 Å². The molecule has 2 aliphatic carbocycles. The topological polar surface area (TPSA) is 0 Å². The van der Waals surface area contributed by atoms with Crippen LogP contribution in [0.5, 0.6) is 0 Å². The maximum Gasteiger partial charge on any atom is -0.0264 e. The Balaban J connectivity index is 2.16. The standard InChI is InChI=1S/C18H34/c1-4-12-18(13-8-9-15(3)14-18)17-11-7-6-10-16(17)5-2/h15-17H,4-14H2,1-3H3. The molecule has 2 aliphatic rings. The van der Waals surface area contributed by atoms with Crippen molar-refractivity contribution in [1.29, 1.82) is 0 Å². The van der Waals surface area contributed by atoms with Crippen LogP contribution in [-0.2, 0) is 0 Å². The summed E-state index contributed by atoms with van der Waals surface area (Å²) < 4.78 is 0. The first-order valence-electron chi connectivity index (χ1n) is 8.72. The minimum absolute atomic E-state index is 0.744. The quantitative estimate of drug-likeness (QED) is 0.557. The third-order valence-corrected chi connectivity index (χ3v) is 6.09. The maximum atomic E-state index is 2.51. The Kier molecular flexibility index (Phi) is 5.15. The van der Waals surface area contributed by atoms with Gasteiger partial charge in [0.2, 0.25) is 0 Å². The van der Waals surface area contributed by atoms with E-state index >= 15 is 0 Å². The summed E-state index contributed by atoms with van der Waals surface area (Å²) in [5.41, 5.74) is 0.744. The fourth-order valence-corrected chi connectivity index (χ4v) is 5.45. The van der Waals surface area contributed by atoms with E-state index < -0.39 is 0 Å². The lowest BCUT2D eigenvalue weighted by Crippen LogP contribution is -2.40. The molecule has 0 heteroatoms. The zero-order valence-electron chi connectivity index (χ0n) is 13.0. The molecule has 0 aromatic carbocycles. The Labute approximate surface area is 115 Å². The van der Waals surface area contributed by atoms with Crippen molar-refractivity contribution in [3.63, 3.8) is 0 Å². The minimum Gasteiger partial charge on any atom is -0.0654 e. The van der Waals surface area contributed by atoms with Crippen molar-refractivity contribution in [3.05, 3.63) is 0 Å². The SMILES string of the molecule is CCCC1(C2CCCCC2CC)CCCC(C)C1. The molecule has 0 radical (unpaired) electrons. The van der Waals surface area contributed by atoms with Gasteiger partial charge in [-0.25, -0.2) is 0 Å². The van der Waals surface area contributed by atoms with Gasteiger partial charge in [-0.15, -0.1) is 0 Å². The van der Waals surface area contributed by atoms with Crippen LogP contribution in [0.1, 0.15) is 91.4 Å². The molecule has 4 atom stereocenters. The van der Waals surface area contributed by atoms with Gasteiger partial charge in [0, 0.05) is 0 Å². The first-order chi connectivity index (χ1) is 8.72. The van der Waals surface area contributed by atoms with E-state index in [2.05, 4.69) is 20.8 Å². The lowest BCUT2D eigenvalue weighted by Gasteiger charge is -2.50. The molecule has 0 bridgehead atoms. The van der Waals surface area contributed by atoms with Crippen LogP contribution in [0.3, 0.4) is 0 Å². The second-order valence-electron chi connectivity index (χ2n) is 7.37. The summed E-state index contributed by atoms with van der Waals surface area (Å²) in [4.78, 5) is 0. The second-order valence-corrected chi connectivity index (χ2v) is 7.37. The number of hydrogen-bond donors (Lipinski definition) is 0. The molecule has 0 N–H and O–H groups in total. The van der Waals surface area contributed by atoms with E-state index in [1.165, 1.54) is 51.4 Å². The Morgan fingerprint density at radius 3 is 2.44 bits per heavy atom. The van der Waals surface area contributed by atoms with Gasteiger partial charge >= 0.3 is 0 Å². The zero-order chi connectivity index (χ0) is 13.0. The molecular formula is C18H34. The van der Waals surface area contributed by atoms with Crippen molar-refractivity contribution < 1.29 is 0 Å². The monoisotopic (exact) mass is 250 g/mol. The molecule has 0 spiro atoms. The van der Waals surface area contributed by atoms with Crippen LogP contribution in [0.25, 0.3) is 0 Å². The molecule has 0 aromatic heterocycles. The summed E-state index contributed by atoms with van der Waals surface area (Å²) in [6.45, 7) is 7.35. The molecule has 0 amide bonds. The maximum absolute atomic E-state index is 2.51. The molecule has 2 rings (SSSR count). The van der Waals surface area contributed by atoms with E-state index in [0.29, 0.717) is 0 Å². The molecule has 2 saturated carbocycles. The number of rotatable bonds is 4. The van der Waals surface area contributed by atoms with Crippen molar-refractivity contribution >= 4 is 0 Å². The summed E-state index contributed by atoms with van der Waals surface area (Å²) in [7, 11) is 0. The van der Waals surface area contributed by atoms with E-state index in [1.54, 1.807) is 19.3 Å². The van der Waals surface area contributed by atoms with Gasteiger partial charge in [0.25, 0.3) is 0 Å². The van der Waals surface area contributed by atoms with E-state index in [-0.39, 0.29) is 0 Å². The normalized spacial score (nSPS) is 41.8. The van der Waals surface area contributed by atoms with Gasteiger partial charge in [0.05, 0.1) is 0 Å². The molecule has 0 aromatic rings. The highest BCUT2D eigenvalue weighted by atomic mass is 14.5. The summed E-state index contributed by atoms with van der Waals surface area (Å²) >= 11 is 0. The molecule has 4 unspecified atom stereocenters. The van der Waals surface area contributed by atoms with E-state index in [9.17, 15) is 0 Å². The summed E-state index contributed by atoms with van der Waals surface area (Å²) in [6.07, 6.45) is 16.5. The van der Waals surface area contributed by atoms with Crippen LogP contribution in [0.2, 0.25) is 0 Å². The van der Waals surface area contributed by atoms with Crippen LogP contribution in [0.4, 0.5) is 0 Å². The minimum atomic E-state index is 0.744. The average Bonchev–Trinajstić information content (AvgIpc) is 2.39. The van der Waals surface area contributed by atoms with Crippen molar-refractivity contribution in [1.82, 2.24) is 0 Å². The van der Waals surface area contributed by atoms with Crippen molar-refractivity contribution in [2.75, 3.05) is 0 Å². The van der Waals surface area contributed by atoms with Crippen molar-refractivity contribution in [2.24, 2.45) is 23.2 Å². The van der Waals surface area contributed by atoms with Gasteiger partial charge < -0.3 is 0 Å². The Morgan fingerprint density at radius 2 is 1.78 bits per heavy atom. The van der Waals surface area contributed by atoms with Crippen LogP contribution in [-0.4, -0.2) is 0 Å². The third-order valence-electron chi connectivity index (χ3n) is 6.09. The predicted octanol–water partition coefficient (Wildman–Crippen LogP) is 6.20. The highest BCUT2D eigenvalue weighted by Gasteiger charge is 2.44. The molecule has 106 valence electrons. The highest BCUT2D eigenvalue weighted by Crippen LogP contribution is 2.54. The van der Waals surface area contributed by atoms with E-state index in [1.807, 2.05) is 0 Å². The molecule has 18 heavy (non-hydrogen) atoms. The van der Waals surface area contributed by atoms with Gasteiger partial charge in [0.1, 0.15) is 0 Å². The number of hydrogen-bond acceptors (Lipinski definition) is 0. The molecule has 0 nitrogen and oxygen atoms in total. The highest BCUT2D eigenvalue weighted by molar-refractivity contribution is 4.94. The summed E-state index contributed by atoms with van der Waals surface area (Å²) in [6, 6.07) is 0. The summed E-state index contributed by atoms with van der Waals surface area (Å²) in [5, 5.41) is 0. The van der Waals surface area contributed by atoms with Gasteiger partial charge in [-0.3, -0.25) is 0 Å². The lowest BCUT2D eigenvalue weighted by atomic mass is 9.55. The Morgan fingerprint density at radius 1 is 1.00 bits per heavy atom. The lowest BCUT2D eigenvalue weighted by molar-refractivity contribution is -0.000969. The van der Waals surface area contributed by atoms with Crippen LogP contribution >= 0.6 is 0 Å². The van der Waals surface area contributed by atoms with E-state index in [4.69, 9.17) is 0 Å². The average molecular weight is 250 g/mol.